The molecule has 0 saturated heterocycles. The molecular formula is C4H11Cl2N. The zero-order chi connectivity index (χ0) is 5.21. The van der Waals surface area contributed by atoms with Gasteiger partial charge in [-0.05, 0) is 6.92 Å². The molecule has 0 aliphatic rings. The van der Waals surface area contributed by atoms with E-state index in [-0.39, 0.29) is 12.4 Å². The molecule has 0 N–H and O–H groups in total. The second-order valence-corrected chi connectivity index (χ2v) is 2.77. The smallest absolute Gasteiger partial charge is 0.164 e. The third-order valence-corrected chi connectivity index (χ3v) is 0.991. The van der Waals surface area contributed by atoms with Crippen molar-refractivity contribution in [1.82, 2.24) is 0 Å². The molecule has 3 heteroatoms. The Hall–Kier alpha value is 0.540. The van der Waals surface area contributed by atoms with Crippen LogP contribution in [0.2, 0.25) is 0 Å². The molecule has 0 saturated carbocycles. The summed E-state index contributed by atoms with van der Waals surface area (Å²) in [6.07, 6.45) is 0. The second kappa shape index (κ2) is 3.53. The maximum atomic E-state index is 5.66. The van der Waals surface area contributed by atoms with E-state index in [1.54, 1.807) is 0 Å². The lowest BCUT2D eigenvalue weighted by Gasteiger charge is -2.13. The van der Waals surface area contributed by atoms with Gasteiger partial charge in [-0.1, -0.05) is 0 Å². The Bertz CT molecular complexity index is 39.4. The molecule has 0 aromatic rings. The van der Waals surface area contributed by atoms with Gasteiger partial charge in [0.25, 0.3) is 0 Å². The van der Waals surface area contributed by atoms with Gasteiger partial charge in [0.2, 0.25) is 0 Å². The summed E-state index contributed by atoms with van der Waals surface area (Å²) in [5, 5.41) is 0. The SMILES string of the molecule is CC[N+](C)(C)Cl.[Cl-]. The van der Waals surface area contributed by atoms with Gasteiger partial charge in [0, 0.05) is 0 Å². The van der Waals surface area contributed by atoms with Crippen molar-refractivity contribution in [1.29, 1.82) is 0 Å². The molecule has 0 amide bonds. The molecule has 46 valence electrons. The predicted octanol–water partition coefficient (Wildman–Crippen LogP) is -1.76. The number of hydrogen-bond donors (Lipinski definition) is 0. The average molecular weight is 144 g/mol. The van der Waals surface area contributed by atoms with Crippen LogP contribution >= 0.6 is 11.8 Å². The summed E-state index contributed by atoms with van der Waals surface area (Å²) in [6, 6.07) is 0. The Labute approximate surface area is 56.4 Å². The molecule has 0 aliphatic carbocycles. The number of nitrogens with zero attached hydrogens (tertiary/aromatic N) is 1. The minimum atomic E-state index is 0. The van der Waals surface area contributed by atoms with Crippen molar-refractivity contribution in [3.63, 3.8) is 0 Å². The van der Waals surface area contributed by atoms with E-state index in [2.05, 4.69) is 0 Å². The number of quaternary nitrogens is 1. The van der Waals surface area contributed by atoms with Crippen LogP contribution in [0.15, 0.2) is 0 Å². The van der Waals surface area contributed by atoms with Crippen LogP contribution in [0.4, 0.5) is 0 Å². The van der Waals surface area contributed by atoms with E-state index >= 15 is 0 Å². The van der Waals surface area contributed by atoms with Gasteiger partial charge in [0.05, 0.1) is 20.6 Å². The summed E-state index contributed by atoms with van der Waals surface area (Å²) in [5.41, 5.74) is 0. The summed E-state index contributed by atoms with van der Waals surface area (Å²) in [6.45, 7) is 3.02. The van der Waals surface area contributed by atoms with Gasteiger partial charge in [-0.3, -0.25) is 0 Å². The second-order valence-electron chi connectivity index (χ2n) is 1.85. The van der Waals surface area contributed by atoms with Crippen LogP contribution in [0.25, 0.3) is 0 Å². The van der Waals surface area contributed by atoms with Crippen LogP contribution < -0.4 is 12.4 Å². The topological polar surface area (TPSA) is 0 Å². The van der Waals surface area contributed by atoms with E-state index in [0.717, 1.165) is 6.54 Å². The fraction of sp³-hybridized carbons (Fsp3) is 1.00. The van der Waals surface area contributed by atoms with Crippen LogP contribution in [0, 0.1) is 0 Å². The van der Waals surface area contributed by atoms with Gasteiger partial charge in [0.1, 0.15) is 0 Å². The predicted molar refractivity (Wildman–Crippen MR) is 28.5 cm³/mol. The lowest BCUT2D eigenvalue weighted by atomic mass is 10.7. The average Bonchev–Trinajstić information content (AvgIpc) is 1.35. The fourth-order valence-corrected chi connectivity index (χ4v) is 0. The number of halogens is 2. The molecule has 7 heavy (non-hydrogen) atoms. The van der Waals surface area contributed by atoms with Crippen LogP contribution in [-0.2, 0) is 0 Å². The molecule has 0 spiro atoms. The Balaban J connectivity index is 0. The van der Waals surface area contributed by atoms with Crippen LogP contribution in [-0.4, -0.2) is 24.6 Å². The van der Waals surface area contributed by atoms with E-state index in [9.17, 15) is 0 Å². The van der Waals surface area contributed by atoms with E-state index < -0.39 is 0 Å². The monoisotopic (exact) mass is 143 g/mol. The minimum absolute atomic E-state index is 0. The largest absolute Gasteiger partial charge is 1.00 e. The van der Waals surface area contributed by atoms with Crippen molar-refractivity contribution in [2.45, 2.75) is 6.92 Å². The van der Waals surface area contributed by atoms with Gasteiger partial charge in [-0.2, -0.15) is 0 Å². The van der Waals surface area contributed by atoms with E-state index in [1.165, 1.54) is 0 Å². The van der Waals surface area contributed by atoms with Gasteiger partial charge in [-0.25, -0.2) is 4.00 Å². The highest BCUT2D eigenvalue weighted by Crippen LogP contribution is 1.97. The summed E-state index contributed by atoms with van der Waals surface area (Å²) in [7, 11) is 3.89. The highest BCUT2D eigenvalue weighted by Gasteiger charge is 2.03. The molecular weight excluding hydrogens is 133 g/mol. The Morgan fingerprint density at radius 3 is 1.57 bits per heavy atom. The molecule has 1 nitrogen and oxygen atoms in total. The highest BCUT2D eigenvalue weighted by molar-refractivity contribution is 6.06. The number of rotatable bonds is 1. The zero-order valence-electron chi connectivity index (χ0n) is 4.91. The maximum absolute atomic E-state index is 5.66. The quantitative estimate of drug-likeness (QED) is 0.382. The molecule has 0 heterocycles. The van der Waals surface area contributed by atoms with Crippen LogP contribution in [0.3, 0.4) is 0 Å². The van der Waals surface area contributed by atoms with E-state index in [0.29, 0.717) is 4.00 Å². The Kier molecular flexibility index (Phi) is 5.30. The van der Waals surface area contributed by atoms with Gasteiger partial charge < -0.3 is 12.4 Å². The summed E-state index contributed by atoms with van der Waals surface area (Å²) in [5.74, 6) is 0. The van der Waals surface area contributed by atoms with Crippen molar-refractivity contribution >= 4 is 11.8 Å². The first-order valence-corrected chi connectivity index (χ1v) is 2.42. The normalized spacial score (nSPS) is 10.3. The summed E-state index contributed by atoms with van der Waals surface area (Å²) < 4.78 is 0.542. The first kappa shape index (κ1) is 10.5. The first-order chi connectivity index (χ1) is 2.56. The molecule has 0 radical (unpaired) electrons. The lowest BCUT2D eigenvalue weighted by Crippen LogP contribution is -3.00. The standard InChI is InChI=1S/C4H11ClN.ClH/c1-4-6(2,3)5;/h4H2,1-3H3;1H/q+1;/p-1. The minimum Gasteiger partial charge on any atom is -1.00 e. The van der Waals surface area contributed by atoms with Crippen molar-refractivity contribution in [2.24, 2.45) is 0 Å². The van der Waals surface area contributed by atoms with Gasteiger partial charge in [-0.15, -0.1) is 0 Å². The molecule has 0 aromatic heterocycles. The molecule has 0 bridgehead atoms. The van der Waals surface area contributed by atoms with E-state index in [4.69, 9.17) is 11.8 Å². The van der Waals surface area contributed by atoms with Crippen molar-refractivity contribution in [2.75, 3.05) is 20.6 Å². The molecule has 0 fully saturated rings. The third-order valence-electron chi connectivity index (χ3n) is 0.752. The van der Waals surface area contributed by atoms with Gasteiger partial charge >= 0.3 is 0 Å². The van der Waals surface area contributed by atoms with E-state index in [1.807, 2.05) is 21.0 Å². The van der Waals surface area contributed by atoms with Crippen LogP contribution in [0.1, 0.15) is 6.92 Å². The number of hydrogen-bond acceptors (Lipinski definition) is 0. The highest BCUT2D eigenvalue weighted by atomic mass is 35.5. The molecule has 0 unspecified atom stereocenters. The van der Waals surface area contributed by atoms with Gasteiger partial charge in [0.15, 0.2) is 11.8 Å². The zero-order valence-corrected chi connectivity index (χ0v) is 6.42. The molecule has 0 rings (SSSR count). The van der Waals surface area contributed by atoms with Crippen molar-refractivity contribution < 1.29 is 16.4 Å². The summed E-state index contributed by atoms with van der Waals surface area (Å²) >= 11 is 5.66. The molecule has 0 atom stereocenters. The fourth-order valence-electron chi connectivity index (χ4n) is 0. The Morgan fingerprint density at radius 1 is 1.43 bits per heavy atom. The molecule has 0 aromatic carbocycles. The third kappa shape index (κ3) is 10.8. The summed E-state index contributed by atoms with van der Waals surface area (Å²) in [4.78, 5) is 0. The Morgan fingerprint density at radius 2 is 1.57 bits per heavy atom. The lowest BCUT2D eigenvalue weighted by molar-refractivity contribution is -0.769. The molecule has 0 aliphatic heterocycles. The maximum Gasteiger partial charge on any atom is 0.164 e. The van der Waals surface area contributed by atoms with Crippen LogP contribution in [0.5, 0.6) is 0 Å². The first-order valence-electron chi connectivity index (χ1n) is 2.09. The van der Waals surface area contributed by atoms with Crippen molar-refractivity contribution in [3.05, 3.63) is 0 Å². The van der Waals surface area contributed by atoms with Crippen molar-refractivity contribution in [3.8, 4) is 0 Å².